The Hall–Kier alpha value is -0.410. The summed E-state index contributed by atoms with van der Waals surface area (Å²) in [5.74, 6) is -0.155. The Morgan fingerprint density at radius 2 is 2.23 bits per heavy atom. The van der Waals surface area contributed by atoms with Gasteiger partial charge in [-0.05, 0) is 25.1 Å². The third-order valence-electron chi connectivity index (χ3n) is 1.79. The number of hydrogen-bond acceptors (Lipinski definition) is 1. The Labute approximate surface area is 86.5 Å². The maximum atomic E-state index is 13.2. The van der Waals surface area contributed by atoms with Crippen LogP contribution in [0.3, 0.4) is 0 Å². The van der Waals surface area contributed by atoms with Gasteiger partial charge in [0, 0.05) is 16.6 Å². The highest BCUT2D eigenvalue weighted by Gasteiger charge is 2.04. The zero-order valence-electron chi connectivity index (χ0n) is 7.61. The lowest BCUT2D eigenvalue weighted by molar-refractivity contribution is 0.584. The molecule has 1 N–H and O–H groups in total. The molecule has 1 aromatic rings. The van der Waals surface area contributed by atoms with Crippen LogP contribution in [0, 0.1) is 5.82 Å². The molecule has 0 bridgehead atoms. The van der Waals surface area contributed by atoms with Gasteiger partial charge in [0.25, 0.3) is 0 Å². The molecule has 13 heavy (non-hydrogen) atoms. The van der Waals surface area contributed by atoms with E-state index in [4.69, 9.17) is 0 Å². The van der Waals surface area contributed by atoms with E-state index in [0.717, 1.165) is 17.4 Å². The first-order valence-corrected chi connectivity index (χ1v) is 5.18. The first-order valence-electron chi connectivity index (χ1n) is 4.39. The molecule has 0 amide bonds. The zero-order valence-corrected chi connectivity index (χ0v) is 9.20. The largest absolute Gasteiger partial charge is 0.313 e. The van der Waals surface area contributed by atoms with Crippen molar-refractivity contribution >= 4 is 15.9 Å². The first-order chi connectivity index (χ1) is 6.25. The Morgan fingerprint density at radius 3 is 2.85 bits per heavy atom. The van der Waals surface area contributed by atoms with Gasteiger partial charge in [-0.15, -0.1) is 0 Å². The van der Waals surface area contributed by atoms with E-state index in [9.17, 15) is 4.39 Å². The smallest absolute Gasteiger partial charge is 0.128 e. The summed E-state index contributed by atoms with van der Waals surface area (Å²) in [7, 11) is 0. The van der Waals surface area contributed by atoms with Crippen LogP contribution >= 0.6 is 15.9 Å². The molecule has 0 saturated heterocycles. The molecule has 0 radical (unpaired) electrons. The van der Waals surface area contributed by atoms with Crippen LogP contribution < -0.4 is 5.32 Å². The van der Waals surface area contributed by atoms with Gasteiger partial charge in [0.05, 0.1) is 0 Å². The predicted octanol–water partition coefficient (Wildman–Crippen LogP) is 3.09. The highest BCUT2D eigenvalue weighted by atomic mass is 79.9. The highest BCUT2D eigenvalue weighted by molar-refractivity contribution is 9.10. The van der Waals surface area contributed by atoms with Crippen molar-refractivity contribution in [2.24, 2.45) is 0 Å². The van der Waals surface area contributed by atoms with E-state index in [1.165, 1.54) is 6.07 Å². The van der Waals surface area contributed by atoms with Crippen LogP contribution in [0.2, 0.25) is 0 Å². The number of benzene rings is 1. The monoisotopic (exact) mass is 245 g/mol. The minimum absolute atomic E-state index is 0.155. The molecule has 0 spiro atoms. The molecule has 0 atom stereocenters. The van der Waals surface area contributed by atoms with Gasteiger partial charge >= 0.3 is 0 Å². The predicted molar refractivity (Wildman–Crippen MR) is 56.1 cm³/mol. The number of nitrogens with one attached hydrogen (secondary N) is 1. The van der Waals surface area contributed by atoms with Crippen LogP contribution in [-0.2, 0) is 6.54 Å². The quantitative estimate of drug-likeness (QED) is 0.805. The normalized spacial score (nSPS) is 10.4. The van der Waals surface area contributed by atoms with Gasteiger partial charge in [0.15, 0.2) is 0 Å². The molecule has 3 heteroatoms. The molecule has 0 aromatic heterocycles. The molecular weight excluding hydrogens is 233 g/mol. The van der Waals surface area contributed by atoms with Crippen molar-refractivity contribution in [2.75, 3.05) is 6.54 Å². The first kappa shape index (κ1) is 10.7. The maximum absolute atomic E-state index is 13.2. The van der Waals surface area contributed by atoms with Crippen LogP contribution in [0.25, 0.3) is 0 Å². The van der Waals surface area contributed by atoms with E-state index in [0.29, 0.717) is 12.1 Å². The fourth-order valence-electron chi connectivity index (χ4n) is 1.09. The molecular formula is C10H13BrFN. The van der Waals surface area contributed by atoms with Crippen molar-refractivity contribution in [2.45, 2.75) is 19.9 Å². The van der Waals surface area contributed by atoms with E-state index < -0.39 is 0 Å². The molecule has 1 nitrogen and oxygen atoms in total. The Kier molecular flexibility index (Phi) is 4.39. The maximum Gasteiger partial charge on any atom is 0.128 e. The van der Waals surface area contributed by atoms with Crippen molar-refractivity contribution in [3.8, 4) is 0 Å². The SMILES string of the molecule is CCCNCc1c(F)cccc1Br. The lowest BCUT2D eigenvalue weighted by atomic mass is 10.2. The number of rotatable bonds is 4. The molecule has 0 aliphatic rings. The van der Waals surface area contributed by atoms with Gasteiger partial charge in [-0.1, -0.05) is 28.9 Å². The van der Waals surface area contributed by atoms with E-state index in [-0.39, 0.29) is 5.82 Å². The summed E-state index contributed by atoms with van der Waals surface area (Å²) in [6.07, 6.45) is 1.06. The lowest BCUT2D eigenvalue weighted by Crippen LogP contribution is -2.15. The molecule has 0 fully saturated rings. The third kappa shape index (κ3) is 3.08. The Bertz CT molecular complexity index is 255. The summed E-state index contributed by atoms with van der Waals surface area (Å²) in [5.41, 5.74) is 0.705. The summed E-state index contributed by atoms with van der Waals surface area (Å²) in [6.45, 7) is 3.59. The van der Waals surface area contributed by atoms with Gasteiger partial charge in [0.2, 0.25) is 0 Å². The second-order valence-electron chi connectivity index (χ2n) is 2.88. The summed E-state index contributed by atoms with van der Waals surface area (Å²) in [5, 5.41) is 3.16. The fourth-order valence-corrected chi connectivity index (χ4v) is 1.57. The number of hydrogen-bond donors (Lipinski definition) is 1. The molecule has 0 unspecified atom stereocenters. The Balaban J connectivity index is 2.64. The molecule has 1 rings (SSSR count). The summed E-state index contributed by atoms with van der Waals surface area (Å²) in [4.78, 5) is 0. The topological polar surface area (TPSA) is 12.0 Å². The Morgan fingerprint density at radius 1 is 1.46 bits per heavy atom. The van der Waals surface area contributed by atoms with Crippen LogP contribution in [0.1, 0.15) is 18.9 Å². The second kappa shape index (κ2) is 5.35. The summed E-state index contributed by atoms with van der Waals surface area (Å²) >= 11 is 3.32. The van der Waals surface area contributed by atoms with Crippen molar-refractivity contribution in [3.05, 3.63) is 34.1 Å². The van der Waals surface area contributed by atoms with Gasteiger partial charge < -0.3 is 5.32 Å². The van der Waals surface area contributed by atoms with Crippen molar-refractivity contribution < 1.29 is 4.39 Å². The van der Waals surface area contributed by atoms with Gasteiger partial charge in [-0.3, -0.25) is 0 Å². The molecule has 72 valence electrons. The summed E-state index contributed by atoms with van der Waals surface area (Å²) in [6, 6.07) is 5.03. The average Bonchev–Trinajstić information content (AvgIpc) is 2.10. The van der Waals surface area contributed by atoms with Crippen molar-refractivity contribution in [3.63, 3.8) is 0 Å². The van der Waals surface area contributed by atoms with Gasteiger partial charge in [0.1, 0.15) is 5.82 Å². The third-order valence-corrected chi connectivity index (χ3v) is 2.53. The van der Waals surface area contributed by atoms with E-state index in [1.807, 2.05) is 6.07 Å². The molecule has 0 heterocycles. The summed E-state index contributed by atoms with van der Waals surface area (Å²) < 4.78 is 14.0. The zero-order chi connectivity index (χ0) is 9.68. The average molecular weight is 246 g/mol. The van der Waals surface area contributed by atoms with Gasteiger partial charge in [-0.2, -0.15) is 0 Å². The van der Waals surface area contributed by atoms with Crippen molar-refractivity contribution in [1.29, 1.82) is 0 Å². The van der Waals surface area contributed by atoms with Crippen LogP contribution in [0.4, 0.5) is 4.39 Å². The van der Waals surface area contributed by atoms with Crippen LogP contribution in [0.15, 0.2) is 22.7 Å². The minimum Gasteiger partial charge on any atom is -0.313 e. The number of halogens is 2. The van der Waals surface area contributed by atoms with Gasteiger partial charge in [-0.25, -0.2) is 4.39 Å². The second-order valence-corrected chi connectivity index (χ2v) is 3.73. The fraction of sp³-hybridized carbons (Fsp3) is 0.400. The van der Waals surface area contributed by atoms with Crippen LogP contribution in [-0.4, -0.2) is 6.54 Å². The molecule has 0 aliphatic heterocycles. The molecule has 0 saturated carbocycles. The highest BCUT2D eigenvalue weighted by Crippen LogP contribution is 2.18. The van der Waals surface area contributed by atoms with Crippen LogP contribution in [0.5, 0.6) is 0 Å². The standard InChI is InChI=1S/C10H13BrFN/c1-2-6-13-7-8-9(11)4-3-5-10(8)12/h3-5,13H,2,6-7H2,1H3. The minimum atomic E-state index is -0.155. The van der Waals surface area contributed by atoms with E-state index in [1.54, 1.807) is 6.07 Å². The van der Waals surface area contributed by atoms with E-state index >= 15 is 0 Å². The van der Waals surface area contributed by atoms with E-state index in [2.05, 4.69) is 28.2 Å². The lowest BCUT2D eigenvalue weighted by Gasteiger charge is -2.06. The molecule has 1 aromatic carbocycles. The molecule has 0 aliphatic carbocycles. The van der Waals surface area contributed by atoms with Crippen molar-refractivity contribution in [1.82, 2.24) is 5.32 Å².